The second kappa shape index (κ2) is 5.83. The Morgan fingerprint density at radius 1 is 1.17 bits per heavy atom. The lowest BCUT2D eigenvalue weighted by molar-refractivity contribution is -0.385. The first-order valence-corrected chi connectivity index (χ1v) is 7.65. The van der Waals surface area contributed by atoms with Crippen LogP contribution in [-0.4, -0.2) is 17.4 Å². The molecule has 0 spiro atoms. The summed E-state index contributed by atoms with van der Waals surface area (Å²) in [5, 5.41) is 11.1. The summed E-state index contributed by atoms with van der Waals surface area (Å²) in [5.41, 5.74) is 3.97. The minimum atomic E-state index is -0.443. The fourth-order valence-electron chi connectivity index (χ4n) is 3.25. The van der Waals surface area contributed by atoms with E-state index in [0.717, 1.165) is 29.7 Å². The third kappa shape index (κ3) is 2.59. The molecule has 1 aliphatic heterocycles. The number of hydrogen-bond donors (Lipinski definition) is 0. The molecule has 0 aromatic heterocycles. The highest BCUT2D eigenvalue weighted by molar-refractivity contribution is 6.08. The smallest absolute Gasteiger partial charge is 0.273 e. The molecule has 2 aromatic carbocycles. The van der Waals surface area contributed by atoms with Crippen LogP contribution in [0, 0.1) is 24.0 Å². The van der Waals surface area contributed by atoms with Gasteiger partial charge in [0.05, 0.1) is 10.6 Å². The fraction of sp³-hybridized carbons (Fsp3) is 0.278. The normalized spacial score (nSPS) is 13.6. The quantitative estimate of drug-likeness (QED) is 0.626. The van der Waals surface area contributed by atoms with Crippen molar-refractivity contribution in [1.29, 1.82) is 0 Å². The zero-order valence-electron chi connectivity index (χ0n) is 13.2. The number of aryl methyl sites for hydroxylation is 2. The number of carbonyl (C=O) groups excluding carboxylic acids is 1. The lowest BCUT2D eigenvalue weighted by Gasteiger charge is -2.31. The van der Waals surface area contributed by atoms with E-state index in [4.69, 9.17) is 0 Å². The molecular formula is C18H18N2O3. The molecule has 118 valence electrons. The van der Waals surface area contributed by atoms with E-state index in [0.29, 0.717) is 17.7 Å². The molecule has 0 atom stereocenters. The molecular weight excluding hydrogens is 292 g/mol. The first-order chi connectivity index (χ1) is 11.0. The number of amides is 1. The molecule has 1 heterocycles. The number of nitro benzene ring substituents is 1. The van der Waals surface area contributed by atoms with Crippen molar-refractivity contribution in [3.63, 3.8) is 0 Å². The Bertz CT molecular complexity index is 799. The summed E-state index contributed by atoms with van der Waals surface area (Å²) >= 11 is 0. The Kier molecular flexibility index (Phi) is 3.86. The van der Waals surface area contributed by atoms with Crippen LogP contribution in [-0.2, 0) is 6.42 Å². The van der Waals surface area contributed by atoms with Gasteiger partial charge in [0.15, 0.2) is 0 Å². The molecule has 1 aliphatic rings. The second-order valence-corrected chi connectivity index (χ2v) is 5.85. The van der Waals surface area contributed by atoms with Gasteiger partial charge in [0.1, 0.15) is 0 Å². The molecule has 5 heteroatoms. The largest absolute Gasteiger partial charge is 0.308 e. The molecule has 1 amide bonds. The van der Waals surface area contributed by atoms with Crippen LogP contribution in [0.15, 0.2) is 36.4 Å². The number of nitro groups is 1. The first-order valence-electron chi connectivity index (χ1n) is 7.65. The topological polar surface area (TPSA) is 63.5 Å². The van der Waals surface area contributed by atoms with E-state index in [1.165, 1.54) is 6.07 Å². The van der Waals surface area contributed by atoms with Crippen LogP contribution in [0.5, 0.6) is 0 Å². The Balaban J connectivity index is 2.07. The summed E-state index contributed by atoms with van der Waals surface area (Å²) in [6, 6.07) is 10.7. The van der Waals surface area contributed by atoms with Crippen molar-refractivity contribution < 1.29 is 9.72 Å². The van der Waals surface area contributed by atoms with Crippen LogP contribution >= 0.6 is 0 Å². The van der Waals surface area contributed by atoms with E-state index in [-0.39, 0.29) is 11.6 Å². The minimum Gasteiger partial charge on any atom is -0.308 e. The molecule has 0 aliphatic carbocycles. The van der Waals surface area contributed by atoms with Crippen molar-refractivity contribution in [2.24, 2.45) is 0 Å². The minimum absolute atomic E-state index is 0.0159. The van der Waals surface area contributed by atoms with Crippen molar-refractivity contribution in [3.05, 3.63) is 68.8 Å². The molecule has 23 heavy (non-hydrogen) atoms. The second-order valence-electron chi connectivity index (χ2n) is 5.85. The van der Waals surface area contributed by atoms with Crippen molar-refractivity contribution in [1.82, 2.24) is 0 Å². The predicted octanol–water partition coefficient (Wildman–Crippen LogP) is 3.80. The van der Waals surface area contributed by atoms with Gasteiger partial charge in [-0.15, -0.1) is 0 Å². The summed E-state index contributed by atoms with van der Waals surface area (Å²) in [6.07, 6.45) is 1.85. The number of fused-ring (bicyclic) bond motifs is 1. The molecule has 2 aromatic rings. The zero-order valence-corrected chi connectivity index (χ0v) is 13.2. The summed E-state index contributed by atoms with van der Waals surface area (Å²) < 4.78 is 0. The number of benzene rings is 2. The number of hydrogen-bond acceptors (Lipinski definition) is 3. The lowest BCUT2D eigenvalue weighted by atomic mass is 9.96. The third-order valence-corrected chi connectivity index (χ3v) is 4.40. The van der Waals surface area contributed by atoms with Gasteiger partial charge in [-0.2, -0.15) is 0 Å². The number of anilines is 1. The molecule has 3 rings (SSSR count). The van der Waals surface area contributed by atoms with Crippen molar-refractivity contribution in [2.45, 2.75) is 26.7 Å². The monoisotopic (exact) mass is 310 g/mol. The van der Waals surface area contributed by atoms with Crippen LogP contribution < -0.4 is 4.90 Å². The number of carbonyl (C=O) groups is 1. The molecule has 0 bridgehead atoms. The molecule has 5 nitrogen and oxygen atoms in total. The van der Waals surface area contributed by atoms with Gasteiger partial charge in [-0.3, -0.25) is 14.9 Å². The van der Waals surface area contributed by atoms with Gasteiger partial charge in [0.25, 0.3) is 11.6 Å². The average Bonchev–Trinajstić information content (AvgIpc) is 2.54. The van der Waals surface area contributed by atoms with E-state index in [9.17, 15) is 14.9 Å². The van der Waals surface area contributed by atoms with Gasteiger partial charge in [0, 0.05) is 23.7 Å². The molecule has 0 radical (unpaired) electrons. The van der Waals surface area contributed by atoms with Crippen molar-refractivity contribution in [2.75, 3.05) is 11.4 Å². The van der Waals surface area contributed by atoms with Gasteiger partial charge in [-0.1, -0.05) is 24.3 Å². The van der Waals surface area contributed by atoms with Gasteiger partial charge in [-0.05, 0) is 43.9 Å². The third-order valence-electron chi connectivity index (χ3n) is 4.40. The van der Waals surface area contributed by atoms with Gasteiger partial charge in [-0.25, -0.2) is 0 Å². The maximum atomic E-state index is 13.0. The number of para-hydroxylation sites is 1. The maximum Gasteiger partial charge on any atom is 0.273 e. The fourth-order valence-corrected chi connectivity index (χ4v) is 3.25. The van der Waals surface area contributed by atoms with Gasteiger partial charge in [0.2, 0.25) is 0 Å². The first kappa shape index (κ1) is 15.2. The lowest BCUT2D eigenvalue weighted by Crippen LogP contribution is -2.36. The van der Waals surface area contributed by atoms with Crippen LogP contribution in [0.1, 0.15) is 33.5 Å². The Morgan fingerprint density at radius 2 is 1.91 bits per heavy atom. The SMILES string of the molecule is Cc1cccc2c1N(C(=O)c1cccc([N+](=O)[O-])c1C)CCC2. The van der Waals surface area contributed by atoms with Crippen LogP contribution in [0.3, 0.4) is 0 Å². The summed E-state index contributed by atoms with van der Waals surface area (Å²) in [5.74, 6) is -0.165. The predicted molar refractivity (Wildman–Crippen MR) is 89.0 cm³/mol. The van der Waals surface area contributed by atoms with Crippen molar-refractivity contribution in [3.8, 4) is 0 Å². The van der Waals surface area contributed by atoms with E-state index in [1.807, 2.05) is 25.1 Å². The molecule has 0 fully saturated rings. The van der Waals surface area contributed by atoms with Crippen LogP contribution in [0.25, 0.3) is 0 Å². The number of nitrogens with zero attached hydrogens (tertiary/aromatic N) is 2. The van der Waals surface area contributed by atoms with E-state index in [2.05, 4.69) is 0 Å². The Morgan fingerprint density at radius 3 is 2.65 bits per heavy atom. The summed E-state index contributed by atoms with van der Waals surface area (Å²) in [7, 11) is 0. The Hall–Kier alpha value is -2.69. The number of rotatable bonds is 2. The maximum absolute atomic E-state index is 13.0. The highest BCUT2D eigenvalue weighted by Crippen LogP contribution is 2.32. The van der Waals surface area contributed by atoms with Crippen molar-refractivity contribution >= 4 is 17.3 Å². The van der Waals surface area contributed by atoms with Gasteiger partial charge < -0.3 is 4.90 Å². The summed E-state index contributed by atoms with van der Waals surface area (Å²) in [6.45, 7) is 4.26. The van der Waals surface area contributed by atoms with Gasteiger partial charge >= 0.3 is 0 Å². The standard InChI is InChI=1S/C18H18N2O3/c1-12-6-3-7-14-8-5-11-19(17(12)14)18(21)15-9-4-10-16(13(15)2)20(22)23/h3-4,6-7,9-10H,5,8,11H2,1-2H3. The van der Waals surface area contributed by atoms with Crippen LogP contribution in [0.4, 0.5) is 11.4 Å². The van der Waals surface area contributed by atoms with E-state index < -0.39 is 4.92 Å². The molecule has 0 saturated heterocycles. The highest BCUT2D eigenvalue weighted by Gasteiger charge is 2.27. The Labute approximate surface area is 134 Å². The molecule has 0 unspecified atom stereocenters. The van der Waals surface area contributed by atoms with E-state index in [1.54, 1.807) is 24.0 Å². The summed E-state index contributed by atoms with van der Waals surface area (Å²) in [4.78, 5) is 25.4. The van der Waals surface area contributed by atoms with E-state index >= 15 is 0 Å². The molecule has 0 N–H and O–H groups in total. The van der Waals surface area contributed by atoms with Crippen LogP contribution in [0.2, 0.25) is 0 Å². The average molecular weight is 310 g/mol. The zero-order chi connectivity index (χ0) is 16.6. The highest BCUT2D eigenvalue weighted by atomic mass is 16.6. The molecule has 0 saturated carbocycles.